The van der Waals surface area contributed by atoms with Crippen molar-refractivity contribution in [1.29, 1.82) is 0 Å². The van der Waals surface area contributed by atoms with Crippen LogP contribution >= 0.6 is 11.3 Å². The topological polar surface area (TPSA) is 104 Å². The lowest BCUT2D eigenvalue weighted by Crippen LogP contribution is -2.35. The van der Waals surface area contributed by atoms with E-state index in [4.69, 9.17) is 0 Å². The number of thiophene rings is 1. The van der Waals surface area contributed by atoms with Gasteiger partial charge in [-0.3, -0.25) is 9.59 Å². The van der Waals surface area contributed by atoms with E-state index in [-0.39, 0.29) is 28.5 Å². The fraction of sp³-hybridized carbons (Fsp3) is 0.429. The minimum Gasteiger partial charge on any atom is -0.351 e. The van der Waals surface area contributed by atoms with Crippen LogP contribution in [0.4, 0.5) is 5.69 Å². The zero-order valence-electron chi connectivity index (χ0n) is 16.9. The monoisotopic (exact) mass is 449 g/mol. The lowest BCUT2D eigenvalue weighted by molar-refractivity contribution is -0.126. The molecule has 3 N–H and O–H groups in total. The summed E-state index contributed by atoms with van der Waals surface area (Å²) in [4.78, 5) is 24.7. The number of sulfonamides is 1. The van der Waals surface area contributed by atoms with Gasteiger partial charge in [-0.05, 0) is 67.3 Å². The van der Waals surface area contributed by atoms with Crippen molar-refractivity contribution in [2.24, 2.45) is 11.8 Å². The molecule has 1 aliphatic carbocycles. The molecule has 1 aliphatic rings. The van der Waals surface area contributed by atoms with Crippen LogP contribution in [-0.4, -0.2) is 26.8 Å². The number of carbonyl (C=O) groups excluding carboxylic acids is 2. The quantitative estimate of drug-likeness (QED) is 0.576. The largest absolute Gasteiger partial charge is 0.351 e. The molecule has 30 heavy (non-hydrogen) atoms. The molecular formula is C21H27N3O4S2. The van der Waals surface area contributed by atoms with E-state index in [0.717, 1.165) is 30.6 Å². The third kappa shape index (κ3) is 6.38. The molecule has 7 nitrogen and oxygen atoms in total. The van der Waals surface area contributed by atoms with Gasteiger partial charge in [-0.1, -0.05) is 6.07 Å². The van der Waals surface area contributed by atoms with Crippen molar-refractivity contribution in [3.05, 3.63) is 46.7 Å². The van der Waals surface area contributed by atoms with Crippen LogP contribution in [-0.2, 0) is 26.2 Å². The number of carbonyl (C=O) groups is 2. The number of amides is 2. The summed E-state index contributed by atoms with van der Waals surface area (Å²) in [6.45, 7) is 2.32. The summed E-state index contributed by atoms with van der Waals surface area (Å²) in [5.74, 6) is 0.0974. The number of hydrogen-bond donors (Lipinski definition) is 3. The first-order valence-corrected chi connectivity index (χ1v) is 12.4. The Balaban J connectivity index is 1.43. The summed E-state index contributed by atoms with van der Waals surface area (Å²) in [5, 5.41) is 7.60. The van der Waals surface area contributed by atoms with Gasteiger partial charge in [-0.25, -0.2) is 13.1 Å². The van der Waals surface area contributed by atoms with E-state index >= 15 is 0 Å². The first-order chi connectivity index (χ1) is 14.3. The van der Waals surface area contributed by atoms with Gasteiger partial charge >= 0.3 is 0 Å². The molecule has 2 aromatic rings. The Labute approximate surface area is 181 Å². The van der Waals surface area contributed by atoms with Gasteiger partial charge < -0.3 is 10.6 Å². The predicted octanol–water partition coefficient (Wildman–Crippen LogP) is 3.11. The van der Waals surface area contributed by atoms with Gasteiger partial charge in [0.05, 0.1) is 11.4 Å². The van der Waals surface area contributed by atoms with Gasteiger partial charge in [0.1, 0.15) is 0 Å². The molecular weight excluding hydrogens is 422 g/mol. The second kappa shape index (κ2) is 10.2. The summed E-state index contributed by atoms with van der Waals surface area (Å²) < 4.78 is 27.7. The highest BCUT2D eigenvalue weighted by atomic mass is 32.2. The molecule has 1 aromatic carbocycles. The SMILES string of the molecule is CC(=O)Nc1ccc(S(=O)(=O)NCC2CCC(C(=O)NCc3cccs3)CC2)cc1. The Morgan fingerprint density at radius 2 is 1.77 bits per heavy atom. The highest BCUT2D eigenvalue weighted by molar-refractivity contribution is 7.89. The van der Waals surface area contributed by atoms with E-state index in [1.54, 1.807) is 23.5 Å². The van der Waals surface area contributed by atoms with Crippen molar-refractivity contribution in [2.45, 2.75) is 44.0 Å². The second-order valence-electron chi connectivity index (χ2n) is 7.57. The average Bonchev–Trinajstić information content (AvgIpc) is 3.25. The highest BCUT2D eigenvalue weighted by Crippen LogP contribution is 2.29. The van der Waals surface area contributed by atoms with E-state index in [2.05, 4.69) is 15.4 Å². The van der Waals surface area contributed by atoms with Crippen molar-refractivity contribution < 1.29 is 18.0 Å². The maximum absolute atomic E-state index is 12.5. The lowest BCUT2D eigenvalue weighted by Gasteiger charge is -2.27. The fourth-order valence-electron chi connectivity index (χ4n) is 3.59. The van der Waals surface area contributed by atoms with Crippen LogP contribution in [0.5, 0.6) is 0 Å². The Morgan fingerprint density at radius 3 is 2.37 bits per heavy atom. The molecule has 3 rings (SSSR count). The van der Waals surface area contributed by atoms with Gasteiger partial charge in [0.15, 0.2) is 0 Å². The standard InChI is InChI=1S/C21H27N3O4S2/c1-15(25)24-18-8-10-20(11-9-18)30(27,28)23-13-16-4-6-17(7-5-16)21(26)22-14-19-3-2-12-29-19/h2-3,8-12,16-17,23H,4-7,13-14H2,1H3,(H,22,26)(H,24,25). The number of anilines is 1. The van der Waals surface area contributed by atoms with Crippen LogP contribution in [0.15, 0.2) is 46.7 Å². The lowest BCUT2D eigenvalue weighted by atomic mass is 9.81. The molecule has 0 unspecified atom stereocenters. The summed E-state index contributed by atoms with van der Waals surface area (Å²) in [5.41, 5.74) is 0.553. The Kier molecular flexibility index (Phi) is 7.63. The number of hydrogen-bond acceptors (Lipinski definition) is 5. The first-order valence-electron chi connectivity index (χ1n) is 10.0. The second-order valence-corrected chi connectivity index (χ2v) is 10.4. The molecule has 1 aromatic heterocycles. The van der Waals surface area contributed by atoms with Crippen molar-refractivity contribution in [3.63, 3.8) is 0 Å². The van der Waals surface area contributed by atoms with Crippen molar-refractivity contribution in [1.82, 2.24) is 10.0 Å². The summed E-state index contributed by atoms with van der Waals surface area (Å²) in [6.07, 6.45) is 3.18. The van der Waals surface area contributed by atoms with Gasteiger partial charge in [0, 0.05) is 30.0 Å². The van der Waals surface area contributed by atoms with E-state index in [1.807, 2.05) is 17.5 Å². The molecule has 162 valence electrons. The minimum absolute atomic E-state index is 0.000796. The molecule has 0 aliphatic heterocycles. The predicted molar refractivity (Wildman–Crippen MR) is 118 cm³/mol. The maximum atomic E-state index is 12.5. The van der Waals surface area contributed by atoms with Gasteiger partial charge in [-0.15, -0.1) is 11.3 Å². The van der Waals surface area contributed by atoms with Crippen LogP contribution in [0.25, 0.3) is 0 Å². The molecule has 0 spiro atoms. The van der Waals surface area contributed by atoms with Gasteiger partial charge in [0.25, 0.3) is 0 Å². The zero-order chi connectivity index (χ0) is 21.6. The molecule has 0 atom stereocenters. The average molecular weight is 450 g/mol. The Hall–Kier alpha value is -2.23. The van der Waals surface area contributed by atoms with E-state index in [0.29, 0.717) is 18.8 Å². The van der Waals surface area contributed by atoms with Crippen molar-refractivity contribution >= 4 is 38.9 Å². The Morgan fingerprint density at radius 1 is 1.07 bits per heavy atom. The van der Waals surface area contributed by atoms with Gasteiger partial charge in [0.2, 0.25) is 21.8 Å². The van der Waals surface area contributed by atoms with Crippen LogP contribution in [0.3, 0.4) is 0 Å². The van der Waals surface area contributed by atoms with Crippen LogP contribution in [0.1, 0.15) is 37.5 Å². The number of rotatable bonds is 8. The normalized spacial score (nSPS) is 19.2. The third-order valence-electron chi connectivity index (χ3n) is 5.28. The summed E-state index contributed by atoms with van der Waals surface area (Å²) in [7, 11) is -3.61. The highest BCUT2D eigenvalue weighted by Gasteiger charge is 2.27. The van der Waals surface area contributed by atoms with Crippen molar-refractivity contribution in [2.75, 3.05) is 11.9 Å². The van der Waals surface area contributed by atoms with E-state index < -0.39 is 10.0 Å². The van der Waals surface area contributed by atoms with Gasteiger partial charge in [-0.2, -0.15) is 0 Å². The van der Waals surface area contributed by atoms with Crippen LogP contribution in [0, 0.1) is 11.8 Å². The minimum atomic E-state index is -3.61. The molecule has 1 fully saturated rings. The van der Waals surface area contributed by atoms with Crippen LogP contribution < -0.4 is 15.4 Å². The summed E-state index contributed by atoms with van der Waals surface area (Å²) in [6, 6.07) is 10.0. The molecule has 0 radical (unpaired) electrons. The third-order valence-corrected chi connectivity index (χ3v) is 7.60. The van der Waals surface area contributed by atoms with Crippen LogP contribution in [0.2, 0.25) is 0 Å². The molecule has 2 amide bonds. The smallest absolute Gasteiger partial charge is 0.240 e. The maximum Gasteiger partial charge on any atom is 0.240 e. The van der Waals surface area contributed by atoms with E-state index in [1.165, 1.54) is 19.1 Å². The fourth-order valence-corrected chi connectivity index (χ4v) is 5.35. The summed E-state index contributed by atoms with van der Waals surface area (Å²) >= 11 is 1.62. The molecule has 0 saturated heterocycles. The first kappa shape index (κ1) is 22.5. The number of benzene rings is 1. The molecule has 0 bridgehead atoms. The van der Waals surface area contributed by atoms with Crippen molar-refractivity contribution in [3.8, 4) is 0 Å². The number of nitrogens with one attached hydrogen (secondary N) is 3. The van der Waals surface area contributed by atoms with E-state index in [9.17, 15) is 18.0 Å². The Bertz CT molecular complexity index is 949. The zero-order valence-corrected chi connectivity index (χ0v) is 18.5. The molecule has 1 saturated carbocycles. The molecule has 1 heterocycles. The molecule has 9 heteroatoms.